The Labute approximate surface area is 224 Å². The van der Waals surface area contributed by atoms with Gasteiger partial charge in [0.25, 0.3) is 5.56 Å². The molecule has 0 spiro atoms. The molecule has 0 unspecified atom stereocenters. The lowest BCUT2D eigenvalue weighted by Crippen LogP contribution is -2.22. The highest BCUT2D eigenvalue weighted by Crippen LogP contribution is 2.20. The summed E-state index contributed by atoms with van der Waals surface area (Å²) < 4.78 is 6.72. The van der Waals surface area contributed by atoms with Gasteiger partial charge < -0.3 is 10.1 Å². The van der Waals surface area contributed by atoms with E-state index in [1.54, 1.807) is 54.2 Å². The molecular weight excluding hydrogens is 498 g/mol. The van der Waals surface area contributed by atoms with Crippen molar-refractivity contribution in [1.29, 1.82) is 0 Å². The van der Waals surface area contributed by atoms with E-state index in [1.807, 2.05) is 66.7 Å². The molecule has 1 heterocycles. The van der Waals surface area contributed by atoms with E-state index in [2.05, 4.69) is 5.32 Å². The minimum absolute atomic E-state index is 0.167. The molecule has 0 radical (unpaired) electrons. The average Bonchev–Trinajstić information content (AvgIpc) is 2.93. The van der Waals surface area contributed by atoms with Gasteiger partial charge in [0.15, 0.2) is 0 Å². The summed E-state index contributed by atoms with van der Waals surface area (Å²) in [6.07, 6.45) is 3.89. The van der Waals surface area contributed by atoms with Crippen molar-refractivity contribution in [2.24, 2.45) is 0 Å². The minimum atomic E-state index is -0.201. The maximum absolute atomic E-state index is 13.6. The summed E-state index contributed by atoms with van der Waals surface area (Å²) in [6.45, 7) is 0. The van der Waals surface area contributed by atoms with Crippen LogP contribution in [0, 0.1) is 0 Å². The van der Waals surface area contributed by atoms with Gasteiger partial charge in [0, 0.05) is 10.7 Å². The van der Waals surface area contributed by atoms with Crippen LogP contribution in [0.3, 0.4) is 0 Å². The van der Waals surface area contributed by atoms with Gasteiger partial charge in [-0.1, -0.05) is 60.1 Å². The first kappa shape index (κ1) is 25.0. The van der Waals surface area contributed by atoms with E-state index in [9.17, 15) is 9.59 Å². The zero-order chi connectivity index (χ0) is 26.5. The second kappa shape index (κ2) is 11.2. The lowest BCUT2D eigenvalue weighted by molar-refractivity contribution is -0.115. The van der Waals surface area contributed by atoms with Crippen molar-refractivity contribution in [2.45, 2.75) is 6.42 Å². The van der Waals surface area contributed by atoms with Gasteiger partial charge >= 0.3 is 0 Å². The maximum Gasteiger partial charge on any atom is 0.266 e. The van der Waals surface area contributed by atoms with E-state index >= 15 is 0 Å². The van der Waals surface area contributed by atoms with E-state index in [0.717, 1.165) is 16.9 Å². The number of para-hydroxylation sites is 1. The Hall–Kier alpha value is -4.68. The molecule has 0 aliphatic heterocycles. The van der Waals surface area contributed by atoms with Crippen molar-refractivity contribution < 1.29 is 9.53 Å². The Bertz CT molecular complexity index is 1690. The number of carbonyl (C=O) groups is 1. The van der Waals surface area contributed by atoms with Crippen LogP contribution in [0.1, 0.15) is 17.0 Å². The fraction of sp³-hybridized carbons (Fsp3) is 0.0645. The summed E-state index contributed by atoms with van der Waals surface area (Å²) in [5.74, 6) is 1.03. The highest BCUT2D eigenvalue weighted by Gasteiger charge is 2.12. The number of nitrogens with zero attached hydrogens (tertiary/aromatic N) is 2. The molecule has 0 saturated heterocycles. The standard InChI is InChI=1S/C31H24ClN3O3/c1-38-26-16-11-22(12-17-26)19-30(36)33-24-5-4-6-25(20-24)35-29(18-13-21-9-14-23(32)15-10-21)34-28-8-3-2-7-27(28)31(35)37/h2-18,20H,19H2,1H3,(H,33,36)/b18-13+. The minimum Gasteiger partial charge on any atom is -0.497 e. The lowest BCUT2D eigenvalue weighted by atomic mass is 10.1. The van der Waals surface area contributed by atoms with Gasteiger partial charge in [-0.25, -0.2) is 4.98 Å². The van der Waals surface area contributed by atoms with Gasteiger partial charge in [-0.05, 0) is 71.8 Å². The van der Waals surface area contributed by atoms with Crippen LogP contribution in [-0.2, 0) is 11.2 Å². The van der Waals surface area contributed by atoms with Gasteiger partial charge in [0.05, 0.1) is 30.1 Å². The monoisotopic (exact) mass is 521 g/mol. The second-order valence-electron chi connectivity index (χ2n) is 8.64. The molecule has 0 fully saturated rings. The van der Waals surface area contributed by atoms with Crippen LogP contribution in [-0.4, -0.2) is 22.6 Å². The third kappa shape index (κ3) is 5.66. The van der Waals surface area contributed by atoms with E-state index < -0.39 is 0 Å². The summed E-state index contributed by atoms with van der Waals surface area (Å²) in [5.41, 5.74) is 3.36. The zero-order valence-corrected chi connectivity index (χ0v) is 21.4. The maximum atomic E-state index is 13.6. The van der Waals surface area contributed by atoms with Crippen LogP contribution in [0.15, 0.2) is 102 Å². The molecule has 5 rings (SSSR count). The summed E-state index contributed by atoms with van der Waals surface area (Å²) in [6, 6.07) is 29.2. The Morgan fingerprint density at radius 2 is 1.71 bits per heavy atom. The second-order valence-corrected chi connectivity index (χ2v) is 9.07. The summed E-state index contributed by atoms with van der Waals surface area (Å²) >= 11 is 6.01. The number of amides is 1. The number of carbonyl (C=O) groups excluding carboxylic acids is 1. The molecule has 1 N–H and O–H groups in total. The van der Waals surface area contributed by atoms with Gasteiger partial charge in [-0.3, -0.25) is 14.2 Å². The van der Waals surface area contributed by atoms with Gasteiger partial charge in [0.1, 0.15) is 11.6 Å². The first-order valence-corrected chi connectivity index (χ1v) is 12.4. The Morgan fingerprint density at radius 1 is 0.947 bits per heavy atom. The molecular formula is C31H24ClN3O3. The highest BCUT2D eigenvalue weighted by atomic mass is 35.5. The molecule has 4 aromatic carbocycles. The quantitative estimate of drug-likeness (QED) is 0.269. The van der Waals surface area contributed by atoms with Crippen molar-refractivity contribution in [3.63, 3.8) is 0 Å². The molecule has 188 valence electrons. The van der Waals surface area contributed by atoms with Crippen molar-refractivity contribution in [1.82, 2.24) is 9.55 Å². The average molecular weight is 522 g/mol. The molecule has 5 aromatic rings. The highest BCUT2D eigenvalue weighted by molar-refractivity contribution is 6.30. The summed E-state index contributed by atoms with van der Waals surface area (Å²) in [5, 5.41) is 4.08. The van der Waals surface area contributed by atoms with Crippen LogP contribution in [0.2, 0.25) is 5.02 Å². The summed E-state index contributed by atoms with van der Waals surface area (Å²) in [4.78, 5) is 31.1. The number of methoxy groups -OCH3 is 1. The number of benzene rings is 4. The normalized spacial score (nSPS) is 11.1. The van der Waals surface area contributed by atoms with Crippen molar-refractivity contribution in [3.8, 4) is 11.4 Å². The number of hydrogen-bond donors (Lipinski definition) is 1. The van der Waals surface area contributed by atoms with Crippen molar-refractivity contribution >= 4 is 46.3 Å². The zero-order valence-electron chi connectivity index (χ0n) is 20.6. The fourth-order valence-corrected chi connectivity index (χ4v) is 4.24. The molecule has 0 bridgehead atoms. The first-order valence-electron chi connectivity index (χ1n) is 12.0. The SMILES string of the molecule is COc1ccc(CC(=O)Nc2cccc(-n3c(/C=C/c4ccc(Cl)cc4)nc4ccccc4c3=O)c2)cc1. The predicted molar refractivity (Wildman–Crippen MR) is 153 cm³/mol. The van der Waals surface area contributed by atoms with Gasteiger partial charge in [-0.2, -0.15) is 0 Å². The summed E-state index contributed by atoms with van der Waals surface area (Å²) in [7, 11) is 1.60. The largest absolute Gasteiger partial charge is 0.497 e. The number of fused-ring (bicyclic) bond motifs is 1. The number of anilines is 1. The first-order chi connectivity index (χ1) is 18.5. The Kier molecular flexibility index (Phi) is 7.33. The number of aromatic nitrogens is 2. The topological polar surface area (TPSA) is 73.2 Å². The Morgan fingerprint density at radius 3 is 2.47 bits per heavy atom. The molecule has 6 nitrogen and oxygen atoms in total. The van der Waals surface area contributed by atoms with E-state index in [0.29, 0.717) is 33.1 Å². The predicted octanol–water partition coefficient (Wildman–Crippen LogP) is 6.40. The van der Waals surface area contributed by atoms with E-state index in [-0.39, 0.29) is 17.9 Å². The molecule has 38 heavy (non-hydrogen) atoms. The number of hydrogen-bond acceptors (Lipinski definition) is 4. The van der Waals surface area contributed by atoms with Crippen molar-refractivity contribution in [2.75, 3.05) is 12.4 Å². The van der Waals surface area contributed by atoms with Gasteiger partial charge in [-0.15, -0.1) is 0 Å². The Balaban J connectivity index is 1.48. The number of rotatable bonds is 7. The van der Waals surface area contributed by atoms with E-state index in [1.165, 1.54) is 0 Å². The van der Waals surface area contributed by atoms with Crippen LogP contribution < -0.4 is 15.6 Å². The van der Waals surface area contributed by atoms with Crippen LogP contribution in [0.5, 0.6) is 5.75 Å². The lowest BCUT2D eigenvalue weighted by Gasteiger charge is -2.13. The molecule has 0 aliphatic rings. The number of halogens is 1. The van der Waals surface area contributed by atoms with Crippen LogP contribution in [0.4, 0.5) is 5.69 Å². The van der Waals surface area contributed by atoms with E-state index in [4.69, 9.17) is 21.3 Å². The molecule has 7 heteroatoms. The van der Waals surface area contributed by atoms with Crippen LogP contribution >= 0.6 is 11.6 Å². The number of ether oxygens (including phenoxy) is 1. The molecule has 1 aromatic heterocycles. The molecule has 0 atom stereocenters. The van der Waals surface area contributed by atoms with Gasteiger partial charge in [0.2, 0.25) is 5.91 Å². The molecule has 1 amide bonds. The third-order valence-electron chi connectivity index (χ3n) is 6.01. The molecule has 0 aliphatic carbocycles. The third-order valence-corrected chi connectivity index (χ3v) is 6.26. The van der Waals surface area contributed by atoms with Crippen LogP contribution in [0.25, 0.3) is 28.7 Å². The smallest absolute Gasteiger partial charge is 0.266 e. The fourth-order valence-electron chi connectivity index (χ4n) is 4.11. The molecule has 0 saturated carbocycles. The number of nitrogens with one attached hydrogen (secondary N) is 1. The van der Waals surface area contributed by atoms with Crippen molar-refractivity contribution in [3.05, 3.63) is 129 Å².